The van der Waals surface area contributed by atoms with Crippen LogP contribution in [0.5, 0.6) is 0 Å². The number of hydrogen-bond donors (Lipinski definition) is 0. The first-order valence-electron chi connectivity index (χ1n) is 4.97. The molecule has 0 saturated carbocycles. The summed E-state index contributed by atoms with van der Waals surface area (Å²) in [4.78, 5) is 13.3. The van der Waals surface area contributed by atoms with E-state index in [0.29, 0.717) is 18.1 Å². The SMILES string of the molecule is C#CC1CC(=O)N(c2nnc(SCC)s2)C1. The van der Waals surface area contributed by atoms with Crippen LogP contribution in [0.3, 0.4) is 0 Å². The number of amides is 1. The van der Waals surface area contributed by atoms with Gasteiger partial charge in [-0.1, -0.05) is 30.0 Å². The van der Waals surface area contributed by atoms with Crippen molar-refractivity contribution in [1.82, 2.24) is 10.2 Å². The van der Waals surface area contributed by atoms with E-state index in [4.69, 9.17) is 6.42 Å². The van der Waals surface area contributed by atoms with Crippen LogP contribution in [0.15, 0.2) is 4.34 Å². The van der Waals surface area contributed by atoms with Crippen molar-refractivity contribution in [3.63, 3.8) is 0 Å². The first kappa shape index (κ1) is 11.4. The maximum absolute atomic E-state index is 11.7. The number of aromatic nitrogens is 2. The Balaban J connectivity index is 2.12. The molecule has 2 rings (SSSR count). The Morgan fingerprint density at radius 2 is 2.50 bits per heavy atom. The fourth-order valence-corrected chi connectivity index (χ4v) is 3.26. The number of nitrogens with zero attached hydrogens (tertiary/aromatic N) is 3. The predicted octanol–water partition coefficient (Wildman–Crippen LogP) is 1.64. The summed E-state index contributed by atoms with van der Waals surface area (Å²) >= 11 is 3.08. The number of thioether (sulfide) groups is 1. The Labute approximate surface area is 102 Å². The van der Waals surface area contributed by atoms with Crippen molar-refractivity contribution >= 4 is 34.1 Å². The highest BCUT2D eigenvalue weighted by molar-refractivity contribution is 8.01. The van der Waals surface area contributed by atoms with E-state index in [2.05, 4.69) is 23.0 Å². The molecule has 0 bridgehead atoms. The Kier molecular flexibility index (Phi) is 3.46. The number of anilines is 1. The third kappa shape index (κ3) is 2.20. The van der Waals surface area contributed by atoms with E-state index in [9.17, 15) is 4.79 Å². The van der Waals surface area contributed by atoms with Gasteiger partial charge < -0.3 is 0 Å². The largest absolute Gasteiger partial charge is 0.285 e. The Hall–Kier alpha value is -1.06. The first-order valence-corrected chi connectivity index (χ1v) is 6.77. The van der Waals surface area contributed by atoms with Gasteiger partial charge in [-0.2, -0.15) is 0 Å². The summed E-state index contributed by atoms with van der Waals surface area (Å²) in [5.41, 5.74) is 0. The second kappa shape index (κ2) is 4.85. The van der Waals surface area contributed by atoms with E-state index in [1.165, 1.54) is 11.3 Å². The molecule has 16 heavy (non-hydrogen) atoms. The minimum atomic E-state index is 0.0127. The van der Waals surface area contributed by atoms with Crippen LogP contribution in [-0.4, -0.2) is 28.4 Å². The highest BCUT2D eigenvalue weighted by atomic mass is 32.2. The highest BCUT2D eigenvalue weighted by Gasteiger charge is 2.31. The molecule has 1 saturated heterocycles. The zero-order chi connectivity index (χ0) is 11.5. The van der Waals surface area contributed by atoms with Gasteiger partial charge in [0.25, 0.3) is 0 Å². The molecule has 1 aliphatic rings. The smallest absolute Gasteiger partial charge is 0.230 e. The minimum Gasteiger partial charge on any atom is -0.285 e. The molecule has 0 N–H and O–H groups in total. The van der Waals surface area contributed by atoms with E-state index in [-0.39, 0.29) is 11.8 Å². The van der Waals surface area contributed by atoms with Gasteiger partial charge in [-0.05, 0) is 5.75 Å². The van der Waals surface area contributed by atoms with Crippen LogP contribution < -0.4 is 4.90 Å². The molecule has 1 aliphatic heterocycles. The third-order valence-electron chi connectivity index (χ3n) is 2.26. The summed E-state index contributed by atoms with van der Waals surface area (Å²) in [7, 11) is 0. The molecule has 1 fully saturated rings. The second-order valence-electron chi connectivity index (χ2n) is 3.36. The maximum Gasteiger partial charge on any atom is 0.230 e. The Morgan fingerprint density at radius 1 is 1.69 bits per heavy atom. The lowest BCUT2D eigenvalue weighted by molar-refractivity contribution is -0.117. The lowest BCUT2D eigenvalue weighted by Crippen LogP contribution is -2.24. The Bertz CT molecular complexity index is 438. The topological polar surface area (TPSA) is 46.1 Å². The highest BCUT2D eigenvalue weighted by Crippen LogP contribution is 2.31. The summed E-state index contributed by atoms with van der Waals surface area (Å²) in [6, 6.07) is 0. The van der Waals surface area contributed by atoms with E-state index in [0.717, 1.165) is 10.1 Å². The number of carbonyl (C=O) groups is 1. The zero-order valence-electron chi connectivity index (χ0n) is 8.84. The maximum atomic E-state index is 11.7. The summed E-state index contributed by atoms with van der Waals surface area (Å²) in [6.45, 7) is 2.63. The van der Waals surface area contributed by atoms with E-state index in [1.54, 1.807) is 16.7 Å². The van der Waals surface area contributed by atoms with Crippen LogP contribution in [0.25, 0.3) is 0 Å². The average Bonchev–Trinajstić information content (AvgIpc) is 2.85. The molecule has 6 heteroatoms. The van der Waals surface area contributed by atoms with E-state index >= 15 is 0 Å². The van der Waals surface area contributed by atoms with Gasteiger partial charge in [0.2, 0.25) is 11.0 Å². The van der Waals surface area contributed by atoms with Crippen molar-refractivity contribution < 1.29 is 4.79 Å². The zero-order valence-corrected chi connectivity index (χ0v) is 10.5. The minimum absolute atomic E-state index is 0.0127. The van der Waals surface area contributed by atoms with Gasteiger partial charge in [-0.25, -0.2) is 0 Å². The number of terminal acetylenes is 1. The number of hydrogen-bond acceptors (Lipinski definition) is 5. The normalized spacial score (nSPS) is 20.1. The van der Waals surface area contributed by atoms with Crippen LogP contribution in [-0.2, 0) is 4.79 Å². The predicted molar refractivity (Wildman–Crippen MR) is 65.6 cm³/mol. The van der Waals surface area contributed by atoms with Crippen molar-refractivity contribution in [2.45, 2.75) is 17.7 Å². The molecular weight excluding hydrogens is 242 g/mol. The standard InChI is InChI=1S/C10H11N3OS2/c1-3-7-5-8(14)13(6-7)9-11-12-10(16-9)15-4-2/h1,7H,4-6H2,2H3. The van der Waals surface area contributed by atoms with Crippen molar-refractivity contribution in [2.24, 2.45) is 5.92 Å². The monoisotopic (exact) mass is 253 g/mol. The molecule has 0 spiro atoms. The quantitative estimate of drug-likeness (QED) is 0.467. The Morgan fingerprint density at radius 3 is 3.12 bits per heavy atom. The molecule has 84 valence electrons. The van der Waals surface area contributed by atoms with Crippen LogP contribution in [0.4, 0.5) is 5.13 Å². The van der Waals surface area contributed by atoms with Crippen molar-refractivity contribution in [3.8, 4) is 12.3 Å². The summed E-state index contributed by atoms with van der Waals surface area (Å²) in [6.07, 6.45) is 5.75. The van der Waals surface area contributed by atoms with Gasteiger partial charge in [0.15, 0.2) is 4.34 Å². The van der Waals surface area contributed by atoms with E-state index in [1.807, 2.05) is 0 Å². The summed E-state index contributed by atoms with van der Waals surface area (Å²) in [5, 5.41) is 8.71. The fourth-order valence-electron chi connectivity index (χ4n) is 1.50. The molecule has 1 aromatic heterocycles. The lowest BCUT2D eigenvalue weighted by atomic mass is 10.1. The molecule has 0 aliphatic carbocycles. The van der Waals surface area contributed by atoms with Crippen LogP contribution in [0, 0.1) is 18.3 Å². The molecule has 1 atom stereocenters. The van der Waals surface area contributed by atoms with Crippen LogP contribution >= 0.6 is 23.1 Å². The summed E-state index contributed by atoms with van der Waals surface area (Å²) in [5.74, 6) is 3.63. The van der Waals surface area contributed by atoms with Crippen LogP contribution in [0.1, 0.15) is 13.3 Å². The molecule has 0 radical (unpaired) electrons. The number of carbonyl (C=O) groups excluding carboxylic acids is 1. The van der Waals surface area contributed by atoms with Gasteiger partial charge in [-0.15, -0.1) is 22.5 Å². The molecule has 1 aromatic rings. The lowest BCUT2D eigenvalue weighted by Gasteiger charge is -2.09. The molecule has 4 nitrogen and oxygen atoms in total. The van der Waals surface area contributed by atoms with Gasteiger partial charge in [0.05, 0.1) is 0 Å². The van der Waals surface area contributed by atoms with Crippen molar-refractivity contribution in [2.75, 3.05) is 17.2 Å². The number of rotatable bonds is 3. The van der Waals surface area contributed by atoms with E-state index < -0.39 is 0 Å². The molecule has 0 aromatic carbocycles. The fraction of sp³-hybridized carbons (Fsp3) is 0.500. The van der Waals surface area contributed by atoms with Crippen LogP contribution in [0.2, 0.25) is 0 Å². The first-order chi connectivity index (χ1) is 7.74. The van der Waals surface area contributed by atoms with Crippen molar-refractivity contribution in [1.29, 1.82) is 0 Å². The van der Waals surface area contributed by atoms with Crippen molar-refractivity contribution in [3.05, 3.63) is 0 Å². The van der Waals surface area contributed by atoms with Gasteiger partial charge >= 0.3 is 0 Å². The molecule has 1 amide bonds. The average molecular weight is 253 g/mol. The molecule has 1 unspecified atom stereocenters. The van der Waals surface area contributed by atoms with Gasteiger partial charge in [0.1, 0.15) is 0 Å². The van der Waals surface area contributed by atoms with Gasteiger partial charge in [-0.3, -0.25) is 9.69 Å². The summed E-state index contributed by atoms with van der Waals surface area (Å²) < 4.78 is 0.898. The molecular formula is C10H11N3OS2. The molecule has 2 heterocycles. The second-order valence-corrected chi connectivity index (χ2v) is 5.82. The third-order valence-corrected chi connectivity index (χ3v) is 4.22. The van der Waals surface area contributed by atoms with Gasteiger partial charge in [0, 0.05) is 18.9 Å².